The Morgan fingerprint density at radius 2 is 2.37 bits per heavy atom. The lowest BCUT2D eigenvalue weighted by Gasteiger charge is -2.27. The number of nitrogens with zero attached hydrogens (tertiary/aromatic N) is 2. The van der Waals surface area contributed by atoms with E-state index in [0.29, 0.717) is 30.4 Å². The fraction of sp³-hybridized carbons (Fsp3) is 0.500. The predicted octanol–water partition coefficient (Wildman–Crippen LogP) is 1.25. The minimum absolute atomic E-state index is 0.0217. The third-order valence-electron chi connectivity index (χ3n) is 3.39. The molecule has 1 fully saturated rings. The zero-order chi connectivity index (χ0) is 13.7. The number of anilines is 1. The molecule has 2 N–H and O–H groups in total. The van der Waals surface area contributed by atoms with Crippen LogP contribution in [0, 0.1) is 17.1 Å². The molecule has 0 aromatic heterocycles. The van der Waals surface area contributed by atoms with Crippen LogP contribution in [0.3, 0.4) is 0 Å². The van der Waals surface area contributed by atoms with E-state index in [1.165, 1.54) is 6.07 Å². The maximum absolute atomic E-state index is 14.0. The minimum atomic E-state index is -0.412. The van der Waals surface area contributed by atoms with Crippen molar-refractivity contribution in [2.24, 2.45) is 0 Å². The monoisotopic (exact) mass is 263 g/mol. The first kappa shape index (κ1) is 13.8. The van der Waals surface area contributed by atoms with Crippen LogP contribution in [-0.4, -0.2) is 37.4 Å². The molecule has 0 bridgehead atoms. The van der Waals surface area contributed by atoms with Gasteiger partial charge in [-0.05, 0) is 37.6 Å². The summed E-state index contributed by atoms with van der Waals surface area (Å²) in [5, 5.41) is 21.2. The molecular weight excluding hydrogens is 245 g/mol. The highest BCUT2D eigenvalue weighted by atomic mass is 19.1. The third-order valence-corrected chi connectivity index (χ3v) is 3.39. The van der Waals surface area contributed by atoms with E-state index in [4.69, 9.17) is 10.4 Å². The van der Waals surface area contributed by atoms with Gasteiger partial charge in [-0.3, -0.25) is 0 Å². The van der Waals surface area contributed by atoms with Crippen molar-refractivity contribution in [1.29, 1.82) is 5.26 Å². The Bertz CT molecular complexity index is 466. The van der Waals surface area contributed by atoms with Crippen LogP contribution in [0.5, 0.6) is 0 Å². The summed E-state index contributed by atoms with van der Waals surface area (Å²) in [6.45, 7) is 2.03. The number of nitriles is 1. The Morgan fingerprint density at radius 1 is 1.53 bits per heavy atom. The molecule has 5 heteroatoms. The first-order valence-electron chi connectivity index (χ1n) is 6.53. The summed E-state index contributed by atoms with van der Waals surface area (Å²) in [5.41, 5.74) is 0.755. The summed E-state index contributed by atoms with van der Waals surface area (Å²) in [7, 11) is 0. The molecule has 1 aliphatic rings. The van der Waals surface area contributed by atoms with E-state index in [9.17, 15) is 4.39 Å². The fourth-order valence-corrected chi connectivity index (χ4v) is 2.44. The molecule has 4 nitrogen and oxygen atoms in total. The Hall–Kier alpha value is -1.64. The molecule has 0 radical (unpaired) electrons. The topological polar surface area (TPSA) is 59.3 Å². The van der Waals surface area contributed by atoms with Crippen LogP contribution in [0.4, 0.5) is 10.1 Å². The summed E-state index contributed by atoms with van der Waals surface area (Å²) in [6, 6.07) is 6.70. The highest BCUT2D eigenvalue weighted by Crippen LogP contribution is 2.21. The van der Waals surface area contributed by atoms with Crippen LogP contribution < -0.4 is 10.2 Å². The quantitative estimate of drug-likeness (QED) is 0.839. The van der Waals surface area contributed by atoms with Crippen molar-refractivity contribution in [3.05, 3.63) is 29.6 Å². The maximum atomic E-state index is 14.0. The average Bonchev–Trinajstić information content (AvgIpc) is 2.91. The van der Waals surface area contributed by atoms with Gasteiger partial charge in [0.1, 0.15) is 5.82 Å². The van der Waals surface area contributed by atoms with Gasteiger partial charge in [-0.25, -0.2) is 4.39 Å². The van der Waals surface area contributed by atoms with Crippen LogP contribution in [-0.2, 0) is 0 Å². The van der Waals surface area contributed by atoms with Crippen LogP contribution in [0.25, 0.3) is 0 Å². The molecule has 0 saturated carbocycles. The Balaban J connectivity index is 2.15. The number of hydrogen-bond donors (Lipinski definition) is 2. The Labute approximate surface area is 112 Å². The zero-order valence-corrected chi connectivity index (χ0v) is 10.8. The molecule has 1 aromatic carbocycles. The summed E-state index contributed by atoms with van der Waals surface area (Å²) in [5.74, 6) is -0.412. The second-order valence-electron chi connectivity index (χ2n) is 4.74. The Kier molecular flexibility index (Phi) is 4.72. The third kappa shape index (κ3) is 3.43. The van der Waals surface area contributed by atoms with Gasteiger partial charge in [0.05, 0.1) is 23.9 Å². The van der Waals surface area contributed by atoms with Crippen LogP contribution in [0.15, 0.2) is 18.2 Å². The molecule has 1 unspecified atom stereocenters. The molecule has 1 saturated heterocycles. The maximum Gasteiger partial charge on any atom is 0.147 e. The van der Waals surface area contributed by atoms with Crippen molar-refractivity contribution >= 4 is 5.69 Å². The van der Waals surface area contributed by atoms with E-state index in [-0.39, 0.29) is 6.61 Å². The van der Waals surface area contributed by atoms with E-state index in [2.05, 4.69) is 5.32 Å². The normalized spacial score (nSPS) is 18.3. The predicted molar refractivity (Wildman–Crippen MR) is 71.4 cm³/mol. The van der Waals surface area contributed by atoms with Crippen molar-refractivity contribution in [3.8, 4) is 6.07 Å². The number of aliphatic hydroxyl groups is 1. The molecule has 2 rings (SSSR count). The molecule has 0 aliphatic carbocycles. The summed E-state index contributed by atoms with van der Waals surface area (Å²) < 4.78 is 14.0. The van der Waals surface area contributed by atoms with Crippen LogP contribution in [0.1, 0.15) is 18.4 Å². The fourth-order valence-electron chi connectivity index (χ4n) is 2.44. The second kappa shape index (κ2) is 6.50. The van der Waals surface area contributed by atoms with E-state index in [1.54, 1.807) is 12.1 Å². The highest BCUT2D eigenvalue weighted by Gasteiger charge is 2.19. The van der Waals surface area contributed by atoms with Gasteiger partial charge in [-0.15, -0.1) is 0 Å². The average molecular weight is 263 g/mol. The molecule has 19 heavy (non-hydrogen) atoms. The zero-order valence-electron chi connectivity index (χ0n) is 10.8. The van der Waals surface area contributed by atoms with Crippen molar-refractivity contribution in [1.82, 2.24) is 5.32 Å². The molecule has 1 aliphatic heterocycles. The lowest BCUT2D eigenvalue weighted by atomic mass is 10.1. The first-order valence-corrected chi connectivity index (χ1v) is 6.53. The molecule has 0 amide bonds. The van der Waals surface area contributed by atoms with Gasteiger partial charge in [0.25, 0.3) is 0 Å². The Morgan fingerprint density at radius 3 is 2.95 bits per heavy atom. The van der Waals surface area contributed by atoms with Crippen molar-refractivity contribution in [2.45, 2.75) is 18.9 Å². The SMILES string of the molecule is N#Cc1ccc(N(CCO)CC2CCCN2)c(F)c1. The van der Waals surface area contributed by atoms with Gasteiger partial charge in [-0.2, -0.15) is 5.26 Å². The minimum Gasteiger partial charge on any atom is -0.395 e. The lowest BCUT2D eigenvalue weighted by molar-refractivity contribution is 0.300. The van der Waals surface area contributed by atoms with Gasteiger partial charge in [0, 0.05) is 19.1 Å². The molecule has 0 spiro atoms. The molecule has 1 aromatic rings. The molecule has 102 valence electrons. The van der Waals surface area contributed by atoms with Gasteiger partial charge in [-0.1, -0.05) is 0 Å². The molecule has 1 atom stereocenters. The number of aliphatic hydroxyl groups excluding tert-OH is 1. The molecular formula is C14H18FN3O. The summed E-state index contributed by atoms with van der Waals surface area (Å²) >= 11 is 0. The summed E-state index contributed by atoms with van der Waals surface area (Å²) in [6.07, 6.45) is 2.20. The smallest absolute Gasteiger partial charge is 0.147 e. The van der Waals surface area contributed by atoms with Gasteiger partial charge in [0.15, 0.2) is 0 Å². The van der Waals surface area contributed by atoms with E-state index >= 15 is 0 Å². The largest absolute Gasteiger partial charge is 0.395 e. The van der Waals surface area contributed by atoms with Crippen molar-refractivity contribution in [2.75, 3.05) is 31.1 Å². The molecule has 1 heterocycles. The lowest BCUT2D eigenvalue weighted by Crippen LogP contribution is -2.39. The van der Waals surface area contributed by atoms with Crippen molar-refractivity contribution in [3.63, 3.8) is 0 Å². The number of hydrogen-bond acceptors (Lipinski definition) is 4. The van der Waals surface area contributed by atoms with Gasteiger partial charge < -0.3 is 15.3 Å². The number of rotatable bonds is 5. The highest BCUT2D eigenvalue weighted by molar-refractivity contribution is 5.51. The van der Waals surface area contributed by atoms with Crippen molar-refractivity contribution < 1.29 is 9.50 Å². The van der Waals surface area contributed by atoms with E-state index in [1.807, 2.05) is 11.0 Å². The number of halogens is 1. The van der Waals surface area contributed by atoms with E-state index < -0.39 is 5.82 Å². The van der Waals surface area contributed by atoms with Gasteiger partial charge >= 0.3 is 0 Å². The first-order chi connectivity index (χ1) is 9.24. The second-order valence-corrected chi connectivity index (χ2v) is 4.74. The standard InChI is InChI=1S/C14H18FN3O/c15-13-8-11(9-16)3-4-14(13)18(6-7-19)10-12-2-1-5-17-12/h3-4,8,12,17,19H,1-2,5-7,10H2. The van der Waals surface area contributed by atoms with Gasteiger partial charge in [0.2, 0.25) is 0 Å². The summed E-state index contributed by atoms with van der Waals surface area (Å²) in [4.78, 5) is 1.83. The van der Waals surface area contributed by atoms with Crippen LogP contribution in [0.2, 0.25) is 0 Å². The number of nitrogens with one attached hydrogen (secondary N) is 1. The van der Waals surface area contributed by atoms with Crippen LogP contribution >= 0.6 is 0 Å². The number of benzene rings is 1. The van der Waals surface area contributed by atoms with E-state index in [0.717, 1.165) is 19.4 Å².